The average Bonchev–Trinajstić information content (AvgIpc) is 2.39. The van der Waals surface area contributed by atoms with Gasteiger partial charge in [0.15, 0.2) is 0 Å². The topological polar surface area (TPSA) is 35.8 Å². The third kappa shape index (κ3) is 3.63. The van der Waals surface area contributed by atoms with E-state index in [1.54, 1.807) is 18.2 Å². The highest BCUT2D eigenvalue weighted by Gasteiger charge is 2.14. The maximum atomic E-state index is 9.30. The van der Waals surface area contributed by atoms with Crippen LogP contribution in [0.3, 0.4) is 0 Å². The molecule has 0 aromatic heterocycles. The van der Waals surface area contributed by atoms with Crippen molar-refractivity contribution in [3.05, 3.63) is 62.5 Å². The fourth-order valence-corrected chi connectivity index (χ4v) is 2.47. The van der Waals surface area contributed by atoms with Gasteiger partial charge in [0.05, 0.1) is 6.07 Å². The first-order valence-corrected chi connectivity index (χ1v) is 7.01. The van der Waals surface area contributed by atoms with Crippen LogP contribution >= 0.6 is 39.1 Å². The van der Waals surface area contributed by atoms with Crippen molar-refractivity contribution in [2.45, 2.75) is 6.04 Å². The van der Waals surface area contributed by atoms with Crippen molar-refractivity contribution in [3.8, 4) is 6.07 Å². The molecule has 0 aliphatic heterocycles. The van der Waals surface area contributed by atoms with Crippen LogP contribution in [0.1, 0.15) is 11.6 Å². The maximum Gasteiger partial charge on any atom is 0.141 e. The molecule has 2 rings (SSSR count). The highest BCUT2D eigenvalue weighted by molar-refractivity contribution is 9.10. The molecule has 1 unspecified atom stereocenters. The molecule has 0 saturated heterocycles. The summed E-state index contributed by atoms with van der Waals surface area (Å²) in [5.41, 5.74) is 1.49. The Kier molecular flexibility index (Phi) is 4.71. The van der Waals surface area contributed by atoms with Gasteiger partial charge in [-0.1, -0.05) is 45.2 Å². The Morgan fingerprint density at radius 3 is 2.63 bits per heavy atom. The van der Waals surface area contributed by atoms with E-state index in [2.05, 4.69) is 27.3 Å². The van der Waals surface area contributed by atoms with Crippen molar-refractivity contribution >= 4 is 44.8 Å². The molecule has 96 valence electrons. The fraction of sp³-hybridized carbons (Fsp3) is 0.0714. The molecular formula is C14H9BrCl2N2. The van der Waals surface area contributed by atoms with E-state index in [4.69, 9.17) is 23.2 Å². The van der Waals surface area contributed by atoms with Gasteiger partial charge in [-0.25, -0.2) is 0 Å². The lowest BCUT2D eigenvalue weighted by Gasteiger charge is -2.15. The monoisotopic (exact) mass is 354 g/mol. The summed E-state index contributed by atoms with van der Waals surface area (Å²) in [6, 6.07) is 14.3. The van der Waals surface area contributed by atoms with Gasteiger partial charge in [0.1, 0.15) is 6.04 Å². The lowest BCUT2D eigenvalue weighted by molar-refractivity contribution is 0.998. The molecule has 0 radical (unpaired) electrons. The summed E-state index contributed by atoms with van der Waals surface area (Å²) in [6.45, 7) is 0. The van der Waals surface area contributed by atoms with Crippen LogP contribution in [-0.4, -0.2) is 0 Å². The van der Waals surface area contributed by atoms with Crippen molar-refractivity contribution in [2.24, 2.45) is 0 Å². The van der Waals surface area contributed by atoms with Gasteiger partial charge in [0, 0.05) is 25.8 Å². The van der Waals surface area contributed by atoms with Gasteiger partial charge in [-0.2, -0.15) is 5.26 Å². The predicted octanol–water partition coefficient (Wildman–Crippen LogP) is 5.43. The number of halogens is 3. The van der Waals surface area contributed by atoms with Crippen LogP contribution in [0.25, 0.3) is 0 Å². The van der Waals surface area contributed by atoms with Crippen LogP contribution in [0, 0.1) is 11.3 Å². The van der Waals surface area contributed by atoms with Gasteiger partial charge in [0.2, 0.25) is 0 Å². The third-order valence-electron chi connectivity index (χ3n) is 2.53. The number of hydrogen-bond acceptors (Lipinski definition) is 2. The number of hydrogen-bond donors (Lipinski definition) is 1. The molecule has 0 fully saturated rings. The lowest BCUT2D eigenvalue weighted by Crippen LogP contribution is -2.09. The Morgan fingerprint density at radius 2 is 1.95 bits per heavy atom. The minimum absolute atomic E-state index is 0.512. The molecule has 0 spiro atoms. The molecule has 0 aliphatic carbocycles. The van der Waals surface area contributed by atoms with Gasteiger partial charge in [0.25, 0.3) is 0 Å². The van der Waals surface area contributed by atoms with Crippen LogP contribution in [-0.2, 0) is 0 Å². The minimum atomic E-state index is -0.555. The highest BCUT2D eigenvalue weighted by Crippen LogP contribution is 2.29. The Hall–Kier alpha value is -1.21. The van der Waals surface area contributed by atoms with E-state index >= 15 is 0 Å². The van der Waals surface area contributed by atoms with E-state index in [0.717, 1.165) is 10.2 Å². The van der Waals surface area contributed by atoms with E-state index < -0.39 is 6.04 Å². The second-order valence-corrected chi connectivity index (χ2v) is 5.64. The molecule has 0 bridgehead atoms. The fourth-order valence-electron chi connectivity index (χ4n) is 1.66. The first kappa shape index (κ1) is 14.2. The molecule has 1 N–H and O–H groups in total. The smallest absolute Gasteiger partial charge is 0.141 e. The third-order valence-corrected chi connectivity index (χ3v) is 3.61. The van der Waals surface area contributed by atoms with E-state index in [1.807, 2.05) is 24.3 Å². The van der Waals surface area contributed by atoms with E-state index in [1.165, 1.54) is 0 Å². The molecule has 5 heteroatoms. The molecule has 0 aliphatic rings. The van der Waals surface area contributed by atoms with Crippen molar-refractivity contribution in [1.29, 1.82) is 5.26 Å². The van der Waals surface area contributed by atoms with Crippen molar-refractivity contribution in [2.75, 3.05) is 5.32 Å². The molecule has 2 aromatic carbocycles. The molecule has 0 saturated carbocycles. The van der Waals surface area contributed by atoms with Gasteiger partial charge < -0.3 is 5.32 Å². The molecule has 2 aromatic rings. The Balaban J connectivity index is 2.31. The molecule has 0 amide bonds. The predicted molar refractivity (Wildman–Crippen MR) is 82.6 cm³/mol. The summed E-state index contributed by atoms with van der Waals surface area (Å²) >= 11 is 15.4. The van der Waals surface area contributed by atoms with Crippen molar-refractivity contribution < 1.29 is 0 Å². The standard InChI is InChI=1S/C14H9BrCl2N2/c15-9-2-1-3-11(6-9)19-14(8-18)12-7-10(16)4-5-13(12)17/h1-7,14,19H. The normalized spacial score (nSPS) is 11.7. The summed E-state index contributed by atoms with van der Waals surface area (Å²) in [5.74, 6) is 0. The van der Waals surface area contributed by atoms with Crippen LogP contribution in [0.5, 0.6) is 0 Å². The van der Waals surface area contributed by atoms with Crippen LogP contribution in [0.4, 0.5) is 5.69 Å². The highest BCUT2D eigenvalue weighted by atomic mass is 79.9. The summed E-state index contributed by atoms with van der Waals surface area (Å²) in [7, 11) is 0. The molecular weight excluding hydrogens is 347 g/mol. The largest absolute Gasteiger partial charge is 0.366 e. The Labute approximate surface area is 130 Å². The summed E-state index contributed by atoms with van der Waals surface area (Å²) < 4.78 is 0.936. The van der Waals surface area contributed by atoms with Crippen molar-refractivity contribution in [1.82, 2.24) is 0 Å². The number of nitrogens with zero attached hydrogens (tertiary/aromatic N) is 1. The van der Waals surface area contributed by atoms with Crippen LogP contribution in [0.15, 0.2) is 46.9 Å². The van der Waals surface area contributed by atoms with E-state index in [0.29, 0.717) is 15.6 Å². The quantitative estimate of drug-likeness (QED) is 0.796. The van der Waals surface area contributed by atoms with E-state index in [-0.39, 0.29) is 0 Å². The van der Waals surface area contributed by atoms with Gasteiger partial charge in [-0.3, -0.25) is 0 Å². The van der Waals surface area contributed by atoms with Crippen molar-refractivity contribution in [3.63, 3.8) is 0 Å². The first-order valence-electron chi connectivity index (χ1n) is 5.47. The van der Waals surface area contributed by atoms with E-state index in [9.17, 15) is 5.26 Å². The second kappa shape index (κ2) is 6.29. The minimum Gasteiger partial charge on any atom is -0.366 e. The summed E-state index contributed by atoms with van der Waals surface area (Å²) in [4.78, 5) is 0. The summed E-state index contributed by atoms with van der Waals surface area (Å²) in [5, 5.41) is 13.5. The van der Waals surface area contributed by atoms with Gasteiger partial charge in [-0.15, -0.1) is 0 Å². The second-order valence-electron chi connectivity index (χ2n) is 3.88. The number of nitrogens with one attached hydrogen (secondary N) is 1. The SMILES string of the molecule is N#CC(Nc1cccc(Br)c1)c1cc(Cl)ccc1Cl. The first-order chi connectivity index (χ1) is 9.10. The van der Waals surface area contributed by atoms with Crippen LogP contribution < -0.4 is 5.32 Å². The summed E-state index contributed by atoms with van der Waals surface area (Å²) in [6.07, 6.45) is 0. The Bertz CT molecular complexity index is 638. The number of rotatable bonds is 3. The zero-order valence-electron chi connectivity index (χ0n) is 9.70. The van der Waals surface area contributed by atoms with Crippen LogP contribution in [0.2, 0.25) is 10.0 Å². The zero-order chi connectivity index (χ0) is 13.8. The lowest BCUT2D eigenvalue weighted by atomic mass is 10.1. The Morgan fingerprint density at radius 1 is 1.16 bits per heavy atom. The molecule has 19 heavy (non-hydrogen) atoms. The number of benzene rings is 2. The number of nitriles is 1. The van der Waals surface area contributed by atoms with Gasteiger partial charge in [-0.05, 0) is 36.4 Å². The molecule has 1 atom stereocenters. The number of anilines is 1. The van der Waals surface area contributed by atoms with Gasteiger partial charge >= 0.3 is 0 Å². The maximum absolute atomic E-state index is 9.30. The average molecular weight is 356 g/mol. The zero-order valence-corrected chi connectivity index (χ0v) is 12.8. The molecule has 0 heterocycles. The molecule has 2 nitrogen and oxygen atoms in total.